The van der Waals surface area contributed by atoms with Gasteiger partial charge in [0.05, 0.1) is 42.1 Å². The predicted molar refractivity (Wildman–Crippen MR) is 60.0 cm³/mol. The molecule has 18 heteroatoms. The van der Waals surface area contributed by atoms with Crippen LogP contribution in [-0.4, -0.2) is 59.1 Å². The van der Waals surface area contributed by atoms with Crippen LogP contribution in [0.4, 0.5) is 0 Å². The number of aliphatic hydroxyl groups is 4. The third-order valence-electron chi connectivity index (χ3n) is 1.32. The van der Waals surface area contributed by atoms with Crippen molar-refractivity contribution < 1.29 is 176 Å². The summed E-state index contributed by atoms with van der Waals surface area (Å²) in [6, 6.07) is 0. The van der Waals surface area contributed by atoms with Gasteiger partial charge in [0.15, 0.2) is 0 Å². The fraction of sp³-hybridized carbons (Fsp3) is 1.00. The van der Waals surface area contributed by atoms with Crippen LogP contribution in [0.1, 0.15) is 7.43 Å². The second kappa shape index (κ2) is 26.1. The van der Waals surface area contributed by atoms with E-state index < -0.39 is 54.3 Å². The molecule has 12 nitrogen and oxygen atoms in total. The van der Waals surface area contributed by atoms with E-state index in [4.69, 9.17) is 20.4 Å². The van der Waals surface area contributed by atoms with Crippen molar-refractivity contribution in [2.75, 3.05) is 26.4 Å². The minimum absolute atomic E-state index is 0. The Kier molecular flexibility index (Phi) is 49.1. The molecule has 0 aromatic rings. The van der Waals surface area contributed by atoms with E-state index in [1.165, 1.54) is 0 Å². The second-order valence-electron chi connectivity index (χ2n) is 3.12. The number of phosphoric ester groups is 2. The minimum Gasteiger partial charge on any atom is -0.790 e. The van der Waals surface area contributed by atoms with Crippen molar-refractivity contribution in [1.82, 2.24) is 0 Å². The van der Waals surface area contributed by atoms with Crippen LogP contribution in [0.15, 0.2) is 0 Å². The molecule has 0 aromatic heterocycles. The largest absolute Gasteiger partial charge is 1.00 e. The van der Waals surface area contributed by atoms with Gasteiger partial charge in [0.2, 0.25) is 0 Å². The Bertz CT molecular complexity index is 335. The SMILES string of the molecule is C.O=P([O-])([O-])OC(CO)CO.O=P([O-])([O-])OCC(O)CO.[Na+].[Na+].[Na+].[Na+]. The number of hydrogen-bond donors (Lipinski definition) is 4. The maximum absolute atomic E-state index is 9.79. The van der Waals surface area contributed by atoms with Crippen molar-refractivity contribution in [2.24, 2.45) is 0 Å². The third-order valence-corrected chi connectivity index (χ3v) is 2.34. The molecular weight excluding hydrogens is 430 g/mol. The van der Waals surface area contributed by atoms with E-state index in [1.54, 1.807) is 0 Å². The number of aliphatic hydroxyl groups excluding tert-OH is 4. The molecule has 0 saturated heterocycles. The second-order valence-corrected chi connectivity index (χ2v) is 5.38. The van der Waals surface area contributed by atoms with E-state index in [1.807, 2.05) is 0 Å². The van der Waals surface area contributed by atoms with Crippen molar-refractivity contribution in [2.45, 2.75) is 19.6 Å². The number of hydrogen-bond acceptors (Lipinski definition) is 12. The van der Waals surface area contributed by atoms with Gasteiger partial charge in [-0.05, 0) is 0 Å². The normalized spacial score (nSPS) is 11.1. The molecule has 0 aliphatic heterocycles. The molecule has 0 aliphatic carbocycles. The zero-order valence-electron chi connectivity index (χ0n) is 13.9. The Morgan fingerprint density at radius 1 is 0.800 bits per heavy atom. The molecule has 1 unspecified atom stereocenters. The summed E-state index contributed by atoms with van der Waals surface area (Å²) in [5.41, 5.74) is 0. The van der Waals surface area contributed by atoms with Crippen LogP contribution in [0.5, 0.6) is 0 Å². The van der Waals surface area contributed by atoms with E-state index in [9.17, 15) is 28.7 Å². The molecule has 0 amide bonds. The molecular formula is C7H18Na4O12P2. The quantitative estimate of drug-likeness (QED) is 0.201. The topological polar surface area (TPSA) is 226 Å². The summed E-state index contributed by atoms with van der Waals surface area (Å²) in [7, 11) is -10.1. The molecule has 0 spiro atoms. The summed E-state index contributed by atoms with van der Waals surface area (Å²) in [6.07, 6.45) is -2.66. The number of rotatable bonds is 8. The molecule has 25 heavy (non-hydrogen) atoms. The van der Waals surface area contributed by atoms with Crippen LogP contribution >= 0.6 is 15.6 Å². The van der Waals surface area contributed by atoms with E-state index in [2.05, 4.69) is 9.05 Å². The van der Waals surface area contributed by atoms with E-state index in [0.29, 0.717) is 0 Å². The van der Waals surface area contributed by atoms with Crippen LogP contribution in [0.2, 0.25) is 0 Å². The fourth-order valence-corrected chi connectivity index (χ4v) is 1.39. The average Bonchev–Trinajstić information content (AvgIpc) is 2.31. The van der Waals surface area contributed by atoms with Gasteiger partial charge >= 0.3 is 118 Å². The van der Waals surface area contributed by atoms with Gasteiger partial charge in [-0.25, -0.2) is 0 Å². The summed E-state index contributed by atoms with van der Waals surface area (Å²) >= 11 is 0. The van der Waals surface area contributed by atoms with Gasteiger partial charge in [0.1, 0.15) is 12.2 Å². The van der Waals surface area contributed by atoms with Gasteiger partial charge in [-0.3, -0.25) is 0 Å². The Balaban J connectivity index is -0.0000000432. The van der Waals surface area contributed by atoms with E-state index in [-0.39, 0.29) is 126 Å². The third kappa shape index (κ3) is 43.0. The molecule has 0 heterocycles. The van der Waals surface area contributed by atoms with Gasteiger partial charge < -0.3 is 58.2 Å². The van der Waals surface area contributed by atoms with Crippen molar-refractivity contribution in [3.8, 4) is 0 Å². The Hall–Kier alpha value is 4.06. The van der Waals surface area contributed by atoms with Crippen LogP contribution in [-0.2, 0) is 18.2 Å². The molecule has 0 fully saturated rings. The molecule has 0 rings (SSSR count). The molecule has 1 atom stereocenters. The molecule has 132 valence electrons. The maximum Gasteiger partial charge on any atom is 1.00 e. The molecule has 0 aromatic carbocycles. The molecule has 0 bridgehead atoms. The Morgan fingerprint density at radius 2 is 1.16 bits per heavy atom. The molecule has 4 N–H and O–H groups in total. The van der Waals surface area contributed by atoms with Gasteiger partial charge in [-0.2, -0.15) is 0 Å². The first-order valence-electron chi connectivity index (χ1n) is 4.82. The van der Waals surface area contributed by atoms with Crippen molar-refractivity contribution in [3.05, 3.63) is 0 Å². The van der Waals surface area contributed by atoms with Crippen LogP contribution in [0.3, 0.4) is 0 Å². The Morgan fingerprint density at radius 3 is 1.32 bits per heavy atom. The average molecular weight is 448 g/mol. The van der Waals surface area contributed by atoms with E-state index in [0.717, 1.165) is 0 Å². The van der Waals surface area contributed by atoms with Gasteiger partial charge in [0.25, 0.3) is 0 Å². The van der Waals surface area contributed by atoms with Crippen LogP contribution in [0.25, 0.3) is 0 Å². The zero-order valence-corrected chi connectivity index (χ0v) is 23.7. The summed E-state index contributed by atoms with van der Waals surface area (Å²) in [6.45, 7) is -2.74. The molecule has 0 saturated carbocycles. The van der Waals surface area contributed by atoms with Gasteiger partial charge in [-0.1, -0.05) is 7.43 Å². The first-order chi connectivity index (χ1) is 8.95. The molecule has 0 aliphatic rings. The fourth-order valence-electron chi connectivity index (χ4n) is 0.537. The van der Waals surface area contributed by atoms with Crippen molar-refractivity contribution >= 4 is 15.6 Å². The van der Waals surface area contributed by atoms with Crippen LogP contribution < -0.4 is 138 Å². The first-order valence-corrected chi connectivity index (χ1v) is 7.75. The van der Waals surface area contributed by atoms with Crippen molar-refractivity contribution in [3.63, 3.8) is 0 Å². The predicted octanol–water partition coefficient (Wildman–Crippen LogP) is -17.0. The van der Waals surface area contributed by atoms with E-state index >= 15 is 0 Å². The summed E-state index contributed by atoms with van der Waals surface area (Å²) in [5.74, 6) is 0. The van der Waals surface area contributed by atoms with Gasteiger partial charge in [-0.15, -0.1) is 0 Å². The van der Waals surface area contributed by atoms with Crippen molar-refractivity contribution in [1.29, 1.82) is 0 Å². The molecule has 0 radical (unpaired) electrons. The summed E-state index contributed by atoms with van der Waals surface area (Å²) in [5, 5.41) is 33.0. The Labute approximate surface area is 234 Å². The van der Waals surface area contributed by atoms with Crippen LogP contribution in [0, 0.1) is 0 Å². The summed E-state index contributed by atoms with van der Waals surface area (Å²) in [4.78, 5) is 39.0. The summed E-state index contributed by atoms with van der Waals surface area (Å²) < 4.78 is 26.8. The standard InChI is InChI=1S/2C3H9O6P.CH4.4Na/c4-1-3(5)2-9-10(6,7)8;4-1-3(2-5)9-10(6,7)8;;;;;/h2*3-5H,1-2H2,(H2,6,7,8);1H4;;;;/q;;;4*+1/p-4. The first kappa shape index (κ1) is 47.0. The smallest absolute Gasteiger partial charge is 0.790 e. The zero-order chi connectivity index (χ0) is 16.4. The minimum atomic E-state index is -5.07. The maximum atomic E-state index is 9.79. The monoisotopic (exact) mass is 448 g/mol. The number of phosphoric acid groups is 2. The van der Waals surface area contributed by atoms with Gasteiger partial charge in [0, 0.05) is 0 Å².